The molecule has 2 N–H and O–H groups in total. The molecule has 0 aromatic carbocycles. The molecule has 3 nitrogen and oxygen atoms in total. The van der Waals surface area contributed by atoms with Crippen molar-refractivity contribution in [1.82, 2.24) is 10.6 Å². The fraction of sp³-hybridized carbons (Fsp3) is 0.923. The normalized spacial score (nSPS) is 27.9. The summed E-state index contributed by atoms with van der Waals surface area (Å²) in [5.41, 5.74) is 0. The third-order valence-electron chi connectivity index (χ3n) is 4.22. The van der Waals surface area contributed by atoms with Crippen molar-refractivity contribution in [3.63, 3.8) is 0 Å². The minimum Gasteiger partial charge on any atom is -0.353 e. The summed E-state index contributed by atoms with van der Waals surface area (Å²) in [4.78, 5) is 11.9. The molecule has 98 valence electrons. The topological polar surface area (TPSA) is 41.1 Å². The first-order valence-electron chi connectivity index (χ1n) is 6.83. The lowest BCUT2D eigenvalue weighted by Gasteiger charge is -2.18. The largest absolute Gasteiger partial charge is 0.353 e. The highest BCUT2D eigenvalue weighted by atomic mass is 35.5. The third kappa shape index (κ3) is 3.59. The molecule has 2 saturated carbocycles. The Balaban J connectivity index is 0.00000108. The van der Waals surface area contributed by atoms with Crippen LogP contribution in [0, 0.1) is 17.8 Å². The van der Waals surface area contributed by atoms with Crippen molar-refractivity contribution in [3.05, 3.63) is 0 Å². The van der Waals surface area contributed by atoms with Gasteiger partial charge in [0.15, 0.2) is 0 Å². The van der Waals surface area contributed by atoms with Crippen LogP contribution in [0.25, 0.3) is 0 Å². The Kier molecular flexibility index (Phi) is 4.31. The fourth-order valence-corrected chi connectivity index (χ4v) is 2.93. The van der Waals surface area contributed by atoms with Crippen molar-refractivity contribution in [1.29, 1.82) is 0 Å². The molecule has 1 aliphatic heterocycles. The number of nitrogens with one attached hydrogen (secondary N) is 2. The summed E-state index contributed by atoms with van der Waals surface area (Å²) in [7, 11) is 0. The van der Waals surface area contributed by atoms with Crippen LogP contribution >= 0.6 is 12.4 Å². The van der Waals surface area contributed by atoms with Crippen LogP contribution in [0.15, 0.2) is 0 Å². The first-order chi connectivity index (χ1) is 7.83. The summed E-state index contributed by atoms with van der Waals surface area (Å²) in [5.74, 6) is 2.52. The average molecular weight is 259 g/mol. The molecule has 1 unspecified atom stereocenters. The minimum atomic E-state index is 0. The summed E-state index contributed by atoms with van der Waals surface area (Å²) in [6, 6.07) is 0.530. The Morgan fingerprint density at radius 3 is 2.29 bits per heavy atom. The Labute approximate surface area is 110 Å². The fourth-order valence-electron chi connectivity index (χ4n) is 2.93. The lowest BCUT2D eigenvalue weighted by molar-refractivity contribution is -0.122. The molecule has 0 radical (unpaired) electrons. The van der Waals surface area contributed by atoms with Gasteiger partial charge >= 0.3 is 0 Å². The van der Waals surface area contributed by atoms with E-state index in [9.17, 15) is 4.79 Å². The molecular weight excluding hydrogens is 236 g/mol. The lowest BCUT2D eigenvalue weighted by Crippen LogP contribution is -2.39. The van der Waals surface area contributed by atoms with Gasteiger partial charge in [0.05, 0.1) is 0 Å². The molecule has 17 heavy (non-hydrogen) atoms. The van der Waals surface area contributed by atoms with Crippen LogP contribution in [-0.4, -0.2) is 25.0 Å². The smallest absolute Gasteiger partial charge is 0.220 e. The van der Waals surface area contributed by atoms with E-state index in [2.05, 4.69) is 10.6 Å². The average Bonchev–Trinajstić information content (AvgIpc) is 3.17. The highest BCUT2D eigenvalue weighted by Gasteiger charge is 2.42. The van der Waals surface area contributed by atoms with Gasteiger partial charge in [-0.1, -0.05) is 0 Å². The van der Waals surface area contributed by atoms with Gasteiger partial charge in [0.1, 0.15) is 0 Å². The van der Waals surface area contributed by atoms with E-state index in [1.807, 2.05) is 0 Å². The SMILES string of the molecule is Cl.O=C(CC1CCNC1)NC(C1CC1)C1CC1. The molecule has 3 fully saturated rings. The van der Waals surface area contributed by atoms with Crippen molar-refractivity contribution < 1.29 is 4.79 Å². The summed E-state index contributed by atoms with van der Waals surface area (Å²) in [6.45, 7) is 2.12. The van der Waals surface area contributed by atoms with Crippen molar-refractivity contribution in [2.24, 2.45) is 17.8 Å². The molecule has 0 aromatic rings. The van der Waals surface area contributed by atoms with E-state index in [-0.39, 0.29) is 12.4 Å². The van der Waals surface area contributed by atoms with Crippen LogP contribution in [0.5, 0.6) is 0 Å². The van der Waals surface area contributed by atoms with Gasteiger partial charge < -0.3 is 10.6 Å². The zero-order valence-electron chi connectivity index (χ0n) is 10.3. The monoisotopic (exact) mass is 258 g/mol. The van der Waals surface area contributed by atoms with Crippen molar-refractivity contribution in [2.45, 2.75) is 44.6 Å². The van der Waals surface area contributed by atoms with Gasteiger partial charge in [0, 0.05) is 12.5 Å². The van der Waals surface area contributed by atoms with Crippen LogP contribution in [0.2, 0.25) is 0 Å². The molecule has 1 amide bonds. The molecule has 4 heteroatoms. The Morgan fingerprint density at radius 2 is 1.82 bits per heavy atom. The standard InChI is InChI=1S/C13H22N2O.ClH/c16-12(7-9-5-6-14-8-9)15-13(10-1-2-10)11-3-4-11;/h9-11,13-14H,1-8H2,(H,15,16);1H. The quantitative estimate of drug-likeness (QED) is 0.788. The van der Waals surface area contributed by atoms with Crippen LogP contribution < -0.4 is 10.6 Å². The number of hydrogen-bond acceptors (Lipinski definition) is 2. The molecular formula is C13H23ClN2O. The van der Waals surface area contributed by atoms with Gasteiger partial charge in [-0.05, 0) is 62.9 Å². The number of carbonyl (C=O) groups excluding carboxylic acids is 1. The Morgan fingerprint density at radius 1 is 1.18 bits per heavy atom. The predicted molar refractivity (Wildman–Crippen MR) is 70.2 cm³/mol. The van der Waals surface area contributed by atoms with Crippen molar-refractivity contribution in [3.8, 4) is 0 Å². The lowest BCUT2D eigenvalue weighted by atomic mass is 10.0. The first kappa shape index (κ1) is 13.2. The molecule has 1 atom stereocenters. The second-order valence-electron chi connectivity index (χ2n) is 5.83. The summed E-state index contributed by atoms with van der Waals surface area (Å²) < 4.78 is 0. The van der Waals surface area contributed by atoms with E-state index in [1.165, 1.54) is 32.1 Å². The molecule has 2 aliphatic carbocycles. The number of rotatable bonds is 5. The molecule has 0 spiro atoms. The third-order valence-corrected chi connectivity index (χ3v) is 4.22. The molecule has 3 rings (SSSR count). The number of halogens is 1. The maximum absolute atomic E-state index is 11.9. The number of carbonyl (C=O) groups is 1. The van der Waals surface area contributed by atoms with Gasteiger partial charge in [-0.2, -0.15) is 0 Å². The van der Waals surface area contributed by atoms with Gasteiger partial charge in [-0.3, -0.25) is 4.79 Å². The molecule has 1 saturated heterocycles. The van der Waals surface area contributed by atoms with E-state index < -0.39 is 0 Å². The minimum absolute atomic E-state index is 0. The highest BCUT2D eigenvalue weighted by molar-refractivity contribution is 5.85. The van der Waals surface area contributed by atoms with Crippen LogP contribution in [0.4, 0.5) is 0 Å². The van der Waals surface area contributed by atoms with Crippen molar-refractivity contribution in [2.75, 3.05) is 13.1 Å². The zero-order chi connectivity index (χ0) is 11.0. The summed E-state index contributed by atoms with van der Waals surface area (Å²) in [5, 5.41) is 6.62. The predicted octanol–water partition coefficient (Wildman–Crippen LogP) is 1.71. The second-order valence-corrected chi connectivity index (χ2v) is 5.83. The Bertz CT molecular complexity index is 259. The van der Waals surface area contributed by atoms with E-state index in [4.69, 9.17) is 0 Å². The maximum Gasteiger partial charge on any atom is 0.220 e. The van der Waals surface area contributed by atoms with Crippen LogP contribution in [0.1, 0.15) is 38.5 Å². The van der Waals surface area contributed by atoms with E-state index in [0.29, 0.717) is 17.9 Å². The van der Waals surface area contributed by atoms with Crippen molar-refractivity contribution >= 4 is 18.3 Å². The van der Waals surface area contributed by atoms with E-state index in [1.54, 1.807) is 0 Å². The highest BCUT2D eigenvalue weighted by Crippen LogP contribution is 2.44. The Hall–Kier alpha value is -0.280. The van der Waals surface area contributed by atoms with E-state index >= 15 is 0 Å². The summed E-state index contributed by atoms with van der Waals surface area (Å²) in [6.07, 6.45) is 7.27. The van der Waals surface area contributed by atoms with Gasteiger partial charge in [0.25, 0.3) is 0 Å². The molecule has 3 aliphatic rings. The molecule has 0 bridgehead atoms. The van der Waals surface area contributed by atoms with Crippen LogP contribution in [0.3, 0.4) is 0 Å². The molecule has 1 heterocycles. The van der Waals surface area contributed by atoms with E-state index in [0.717, 1.165) is 31.3 Å². The van der Waals surface area contributed by atoms with Gasteiger partial charge in [-0.15, -0.1) is 12.4 Å². The second kappa shape index (κ2) is 5.57. The number of hydrogen-bond donors (Lipinski definition) is 2. The summed E-state index contributed by atoms with van der Waals surface area (Å²) >= 11 is 0. The maximum atomic E-state index is 11.9. The molecule has 0 aromatic heterocycles. The zero-order valence-corrected chi connectivity index (χ0v) is 11.1. The van der Waals surface area contributed by atoms with Crippen LogP contribution in [-0.2, 0) is 4.79 Å². The van der Waals surface area contributed by atoms with Gasteiger partial charge in [-0.25, -0.2) is 0 Å². The first-order valence-corrected chi connectivity index (χ1v) is 6.83. The van der Waals surface area contributed by atoms with Gasteiger partial charge in [0.2, 0.25) is 5.91 Å². The number of amides is 1.